The molecule has 6 nitrogen and oxygen atoms in total. The Morgan fingerprint density at radius 2 is 1.81 bits per heavy atom. The van der Waals surface area contributed by atoms with Gasteiger partial charge in [-0.2, -0.15) is 4.31 Å². The molecule has 2 aromatic carbocycles. The van der Waals surface area contributed by atoms with Gasteiger partial charge in [0.1, 0.15) is 6.54 Å². The average molecular weight is 458 g/mol. The van der Waals surface area contributed by atoms with Gasteiger partial charge in [-0.15, -0.1) is 11.8 Å². The summed E-state index contributed by atoms with van der Waals surface area (Å²) in [6, 6.07) is 15.4. The fourth-order valence-electron chi connectivity index (χ4n) is 3.90. The summed E-state index contributed by atoms with van der Waals surface area (Å²) >= 11 is 1.71. The molecule has 3 aromatic rings. The van der Waals surface area contributed by atoms with E-state index in [-0.39, 0.29) is 12.5 Å². The van der Waals surface area contributed by atoms with E-state index in [1.54, 1.807) is 34.3 Å². The van der Waals surface area contributed by atoms with Crippen LogP contribution in [0.25, 0.3) is 10.9 Å². The van der Waals surface area contributed by atoms with E-state index in [9.17, 15) is 13.2 Å². The van der Waals surface area contributed by atoms with Gasteiger partial charge in [0.05, 0.1) is 4.90 Å². The number of carbonyl (C=O) groups is 1. The summed E-state index contributed by atoms with van der Waals surface area (Å²) in [7, 11) is -3.44. The Bertz CT molecular complexity index is 1160. The molecular formula is C23H27N3O3S2. The lowest BCUT2D eigenvalue weighted by Gasteiger charge is -2.15. The summed E-state index contributed by atoms with van der Waals surface area (Å²) in [6.45, 7) is 1.95. The van der Waals surface area contributed by atoms with Gasteiger partial charge in [-0.3, -0.25) is 4.79 Å². The van der Waals surface area contributed by atoms with Crippen LogP contribution in [0.15, 0.2) is 64.5 Å². The minimum atomic E-state index is -3.44. The highest BCUT2D eigenvalue weighted by atomic mass is 32.2. The summed E-state index contributed by atoms with van der Waals surface area (Å²) in [5, 5.41) is 3.79. The van der Waals surface area contributed by atoms with Crippen molar-refractivity contribution in [3.05, 3.63) is 60.3 Å². The summed E-state index contributed by atoms with van der Waals surface area (Å²) in [5.41, 5.74) is 2.04. The number of hydrogen-bond donors (Lipinski definition) is 1. The minimum absolute atomic E-state index is 0.0630. The van der Waals surface area contributed by atoms with Gasteiger partial charge >= 0.3 is 0 Å². The van der Waals surface area contributed by atoms with E-state index in [1.807, 2.05) is 23.1 Å². The second kappa shape index (κ2) is 9.46. The number of thioether (sulfide) groups is 1. The highest BCUT2D eigenvalue weighted by Crippen LogP contribution is 2.25. The van der Waals surface area contributed by atoms with Crippen LogP contribution in [0, 0.1) is 0 Å². The molecule has 8 heteroatoms. The van der Waals surface area contributed by atoms with Gasteiger partial charge in [0.2, 0.25) is 15.9 Å². The third kappa shape index (κ3) is 4.97. The van der Waals surface area contributed by atoms with Crippen LogP contribution >= 0.6 is 11.8 Å². The largest absolute Gasteiger partial charge is 0.354 e. The van der Waals surface area contributed by atoms with Crippen LogP contribution in [-0.2, 0) is 27.8 Å². The zero-order chi connectivity index (χ0) is 21.8. The number of sulfonamides is 1. The Labute approximate surface area is 187 Å². The van der Waals surface area contributed by atoms with E-state index < -0.39 is 10.0 Å². The molecule has 2 heterocycles. The molecule has 1 N–H and O–H groups in total. The van der Waals surface area contributed by atoms with Gasteiger partial charge in [-0.1, -0.05) is 12.1 Å². The van der Waals surface area contributed by atoms with Crippen molar-refractivity contribution in [1.82, 2.24) is 14.2 Å². The van der Waals surface area contributed by atoms with Crippen molar-refractivity contribution >= 4 is 38.6 Å². The quantitative estimate of drug-likeness (QED) is 0.526. The van der Waals surface area contributed by atoms with Gasteiger partial charge in [-0.25, -0.2) is 8.42 Å². The number of nitrogens with zero attached hydrogens (tertiary/aromatic N) is 2. The minimum Gasteiger partial charge on any atom is -0.354 e. The van der Waals surface area contributed by atoms with Crippen LogP contribution in [0.5, 0.6) is 0 Å². The first-order valence-corrected chi connectivity index (χ1v) is 13.1. The Kier molecular flexibility index (Phi) is 6.69. The van der Waals surface area contributed by atoms with E-state index in [4.69, 9.17) is 0 Å². The first-order valence-electron chi connectivity index (χ1n) is 10.5. The standard InChI is InChI=1S/C23H27N3O3S2/c1-30-20-6-4-18(5-7-20)10-12-24-23(27)17-25-15-11-19-16-21(8-9-22(19)25)31(28,29)26-13-2-3-14-26/h4-9,11,15-16H,2-3,10,12-14,17H2,1H3,(H,24,27). The van der Waals surface area contributed by atoms with Crippen molar-refractivity contribution < 1.29 is 13.2 Å². The number of fused-ring (bicyclic) bond motifs is 1. The first-order chi connectivity index (χ1) is 15.0. The first kappa shape index (κ1) is 21.9. The van der Waals surface area contributed by atoms with Crippen LogP contribution in [0.3, 0.4) is 0 Å². The summed E-state index contributed by atoms with van der Waals surface area (Å²) < 4.78 is 29.0. The molecule has 0 saturated carbocycles. The maximum atomic E-state index is 12.8. The zero-order valence-electron chi connectivity index (χ0n) is 17.6. The second-order valence-corrected chi connectivity index (χ2v) is 10.5. The molecule has 164 valence electrons. The van der Waals surface area contributed by atoms with Crippen molar-refractivity contribution in [2.45, 2.75) is 35.6 Å². The third-order valence-corrected chi connectivity index (χ3v) is 8.29. The normalized spacial score (nSPS) is 14.9. The third-order valence-electron chi connectivity index (χ3n) is 5.65. The van der Waals surface area contributed by atoms with Crippen molar-refractivity contribution in [3.63, 3.8) is 0 Å². The predicted octanol–water partition coefficient (Wildman–Crippen LogP) is 3.51. The fourth-order valence-corrected chi connectivity index (χ4v) is 5.86. The smallest absolute Gasteiger partial charge is 0.243 e. The summed E-state index contributed by atoms with van der Waals surface area (Å²) in [5.74, 6) is -0.0630. The molecule has 4 rings (SSSR count). The molecule has 0 bridgehead atoms. The maximum Gasteiger partial charge on any atom is 0.243 e. The number of rotatable bonds is 8. The van der Waals surface area contributed by atoms with Gasteiger partial charge in [0.25, 0.3) is 0 Å². The zero-order valence-corrected chi connectivity index (χ0v) is 19.2. The van der Waals surface area contributed by atoms with Gasteiger partial charge in [0.15, 0.2) is 0 Å². The highest BCUT2D eigenvalue weighted by Gasteiger charge is 2.27. The number of benzene rings is 2. The van der Waals surface area contributed by atoms with Crippen molar-refractivity contribution in [1.29, 1.82) is 0 Å². The number of aromatic nitrogens is 1. The molecule has 1 aromatic heterocycles. The molecule has 0 radical (unpaired) electrons. The van der Waals surface area contributed by atoms with E-state index in [2.05, 4.69) is 29.6 Å². The van der Waals surface area contributed by atoms with Crippen LogP contribution in [0.4, 0.5) is 0 Å². The molecule has 31 heavy (non-hydrogen) atoms. The fraction of sp³-hybridized carbons (Fsp3) is 0.348. The molecule has 1 aliphatic rings. The summed E-state index contributed by atoms with van der Waals surface area (Å²) in [6.07, 6.45) is 6.49. The molecule has 0 aliphatic carbocycles. The molecular weight excluding hydrogens is 430 g/mol. The summed E-state index contributed by atoms with van der Waals surface area (Å²) in [4.78, 5) is 13.9. The molecule has 0 unspecified atom stereocenters. The Balaban J connectivity index is 1.37. The lowest BCUT2D eigenvalue weighted by atomic mass is 10.1. The Morgan fingerprint density at radius 1 is 1.06 bits per heavy atom. The molecule has 1 fully saturated rings. The number of amides is 1. The van der Waals surface area contributed by atoms with Crippen LogP contribution in [-0.4, -0.2) is 49.1 Å². The van der Waals surface area contributed by atoms with Crippen molar-refractivity contribution in [3.8, 4) is 0 Å². The van der Waals surface area contributed by atoms with E-state index >= 15 is 0 Å². The van der Waals surface area contributed by atoms with Crippen LogP contribution in [0.1, 0.15) is 18.4 Å². The Hall–Kier alpha value is -2.29. The number of carbonyl (C=O) groups excluding carboxylic acids is 1. The monoisotopic (exact) mass is 457 g/mol. The second-order valence-electron chi connectivity index (χ2n) is 7.72. The Morgan fingerprint density at radius 3 is 2.52 bits per heavy atom. The SMILES string of the molecule is CSc1ccc(CCNC(=O)Cn2ccc3cc(S(=O)(=O)N4CCCC4)ccc32)cc1. The maximum absolute atomic E-state index is 12.8. The van der Waals surface area contributed by atoms with Crippen molar-refractivity contribution in [2.24, 2.45) is 0 Å². The van der Waals surface area contributed by atoms with E-state index in [0.29, 0.717) is 24.5 Å². The van der Waals surface area contributed by atoms with Gasteiger partial charge in [-0.05, 0) is 67.5 Å². The topological polar surface area (TPSA) is 71.4 Å². The average Bonchev–Trinajstić information content (AvgIpc) is 3.45. The van der Waals surface area contributed by atoms with Crippen LogP contribution in [0.2, 0.25) is 0 Å². The van der Waals surface area contributed by atoms with Gasteiger partial charge < -0.3 is 9.88 Å². The molecule has 0 atom stereocenters. The van der Waals surface area contributed by atoms with E-state index in [1.165, 1.54) is 10.5 Å². The molecule has 1 aliphatic heterocycles. The van der Waals surface area contributed by atoms with Crippen LogP contribution < -0.4 is 5.32 Å². The lowest BCUT2D eigenvalue weighted by Crippen LogP contribution is -2.29. The number of hydrogen-bond acceptors (Lipinski definition) is 4. The molecule has 0 spiro atoms. The highest BCUT2D eigenvalue weighted by molar-refractivity contribution is 7.98. The van der Waals surface area contributed by atoms with Gasteiger partial charge in [0, 0.05) is 41.6 Å². The van der Waals surface area contributed by atoms with Crippen molar-refractivity contribution in [2.75, 3.05) is 25.9 Å². The molecule has 1 amide bonds. The lowest BCUT2D eigenvalue weighted by molar-refractivity contribution is -0.121. The number of nitrogens with one attached hydrogen (secondary N) is 1. The molecule has 1 saturated heterocycles. The van der Waals surface area contributed by atoms with E-state index in [0.717, 1.165) is 30.2 Å². The predicted molar refractivity (Wildman–Crippen MR) is 125 cm³/mol.